The van der Waals surface area contributed by atoms with E-state index >= 15 is 0 Å². The molecule has 0 unspecified atom stereocenters. The summed E-state index contributed by atoms with van der Waals surface area (Å²) in [5, 5.41) is 22.2. The van der Waals surface area contributed by atoms with Gasteiger partial charge in [0.2, 0.25) is 0 Å². The number of fused-ring (bicyclic) bond motifs is 3. The number of aliphatic carboxylic acids is 1. The molecule has 0 fully saturated rings. The van der Waals surface area contributed by atoms with Crippen molar-refractivity contribution < 1.29 is 14.8 Å². The number of benzene rings is 3. The molecule has 1 heterocycles. The number of halogens is 1. The minimum Gasteiger partial charge on any atom is -0.481 e. The molecular formula is C21H15BrN2O4. The number of nitrogens with zero attached hydrogens (tertiary/aromatic N) is 2. The third kappa shape index (κ3) is 2.93. The number of aryl methyl sites for hydroxylation is 1. The predicted molar refractivity (Wildman–Crippen MR) is 111 cm³/mol. The average molecular weight is 439 g/mol. The lowest BCUT2D eigenvalue weighted by Gasteiger charge is -2.11. The molecule has 1 N–H and O–H groups in total. The van der Waals surface area contributed by atoms with Crippen molar-refractivity contribution in [1.82, 2.24) is 4.57 Å². The van der Waals surface area contributed by atoms with Crippen LogP contribution in [0, 0.1) is 17.0 Å². The highest BCUT2D eigenvalue weighted by molar-refractivity contribution is 9.10. The molecule has 0 radical (unpaired) electrons. The van der Waals surface area contributed by atoms with E-state index in [1.165, 1.54) is 6.07 Å². The first-order valence-electron chi connectivity index (χ1n) is 8.55. The Bertz CT molecular complexity index is 1280. The Morgan fingerprint density at radius 1 is 1.14 bits per heavy atom. The smallest absolute Gasteiger partial charge is 0.307 e. The molecule has 28 heavy (non-hydrogen) atoms. The van der Waals surface area contributed by atoms with Gasteiger partial charge in [0.05, 0.1) is 22.4 Å². The second-order valence-electron chi connectivity index (χ2n) is 6.61. The van der Waals surface area contributed by atoms with Crippen LogP contribution in [0.2, 0.25) is 0 Å². The SMILES string of the molecule is Cc1cc([N+](=O)[O-])ccc1-n1c2ccc(Br)cc2c2c(CC(=O)O)cccc21. The monoisotopic (exact) mass is 438 g/mol. The van der Waals surface area contributed by atoms with E-state index in [4.69, 9.17) is 0 Å². The van der Waals surface area contributed by atoms with Crippen molar-refractivity contribution in [1.29, 1.82) is 0 Å². The summed E-state index contributed by atoms with van der Waals surface area (Å²) in [5.74, 6) is -0.894. The maximum Gasteiger partial charge on any atom is 0.307 e. The minimum atomic E-state index is -0.894. The fraction of sp³-hybridized carbons (Fsp3) is 0.0952. The van der Waals surface area contributed by atoms with Crippen LogP contribution in [-0.4, -0.2) is 20.6 Å². The molecule has 3 aromatic carbocycles. The van der Waals surface area contributed by atoms with Gasteiger partial charge in [0.25, 0.3) is 5.69 Å². The van der Waals surface area contributed by atoms with E-state index in [2.05, 4.69) is 15.9 Å². The molecule has 7 heteroatoms. The maximum atomic E-state index is 11.4. The van der Waals surface area contributed by atoms with Crippen LogP contribution in [0.1, 0.15) is 11.1 Å². The third-order valence-corrected chi connectivity index (χ3v) is 5.31. The van der Waals surface area contributed by atoms with Crippen molar-refractivity contribution in [3.63, 3.8) is 0 Å². The van der Waals surface area contributed by atoms with E-state index < -0.39 is 10.9 Å². The van der Waals surface area contributed by atoms with Gasteiger partial charge < -0.3 is 9.67 Å². The van der Waals surface area contributed by atoms with Gasteiger partial charge in [0.1, 0.15) is 0 Å². The summed E-state index contributed by atoms with van der Waals surface area (Å²) in [6.45, 7) is 1.83. The predicted octanol–water partition coefficient (Wildman–Crippen LogP) is 5.39. The minimum absolute atomic E-state index is 0.0383. The summed E-state index contributed by atoms with van der Waals surface area (Å²) < 4.78 is 2.92. The topological polar surface area (TPSA) is 85.4 Å². The number of carbonyl (C=O) groups is 1. The summed E-state index contributed by atoms with van der Waals surface area (Å²) in [4.78, 5) is 22.1. The molecule has 0 spiro atoms. The molecule has 0 aliphatic rings. The number of nitro groups is 1. The molecule has 0 atom stereocenters. The lowest BCUT2D eigenvalue weighted by Crippen LogP contribution is -2.01. The standard InChI is InChI=1S/C21H15BrN2O4/c1-12-9-15(24(27)28)6-8-17(12)23-18-7-5-14(22)11-16(18)21-13(10-20(25)26)3-2-4-19(21)23/h2-9,11H,10H2,1H3,(H,25,26). The van der Waals surface area contributed by atoms with Gasteiger partial charge in [0, 0.05) is 33.1 Å². The molecule has 0 aliphatic heterocycles. The van der Waals surface area contributed by atoms with Gasteiger partial charge in [-0.05, 0) is 48.4 Å². The third-order valence-electron chi connectivity index (χ3n) is 4.81. The molecule has 0 saturated carbocycles. The van der Waals surface area contributed by atoms with Crippen LogP contribution in [0.25, 0.3) is 27.5 Å². The first-order chi connectivity index (χ1) is 13.4. The fourth-order valence-electron chi connectivity index (χ4n) is 3.69. The highest BCUT2D eigenvalue weighted by atomic mass is 79.9. The van der Waals surface area contributed by atoms with Gasteiger partial charge in [-0.2, -0.15) is 0 Å². The zero-order valence-corrected chi connectivity index (χ0v) is 16.4. The quantitative estimate of drug-likeness (QED) is 0.341. The van der Waals surface area contributed by atoms with Crippen LogP contribution in [0.5, 0.6) is 0 Å². The largest absolute Gasteiger partial charge is 0.481 e. The molecule has 0 saturated heterocycles. The number of aromatic nitrogens is 1. The zero-order valence-electron chi connectivity index (χ0n) is 14.8. The van der Waals surface area contributed by atoms with E-state index in [0.717, 1.165) is 43.1 Å². The van der Waals surface area contributed by atoms with Crippen LogP contribution in [-0.2, 0) is 11.2 Å². The highest BCUT2D eigenvalue weighted by Crippen LogP contribution is 2.37. The van der Waals surface area contributed by atoms with Crippen LogP contribution in [0.15, 0.2) is 59.1 Å². The van der Waals surface area contributed by atoms with Crippen LogP contribution >= 0.6 is 15.9 Å². The number of carboxylic acid groups (broad SMARTS) is 1. The van der Waals surface area contributed by atoms with Crippen molar-refractivity contribution in [3.05, 3.63) is 80.3 Å². The lowest BCUT2D eigenvalue weighted by molar-refractivity contribution is -0.384. The van der Waals surface area contributed by atoms with Gasteiger partial charge >= 0.3 is 5.97 Å². The number of nitro benzene ring substituents is 1. The van der Waals surface area contributed by atoms with E-state index in [-0.39, 0.29) is 12.1 Å². The summed E-state index contributed by atoms with van der Waals surface area (Å²) >= 11 is 3.50. The van der Waals surface area contributed by atoms with Crippen LogP contribution < -0.4 is 0 Å². The Morgan fingerprint density at radius 3 is 2.61 bits per heavy atom. The molecule has 140 valence electrons. The molecule has 0 amide bonds. The van der Waals surface area contributed by atoms with Crippen LogP contribution in [0.4, 0.5) is 5.69 Å². The van der Waals surface area contributed by atoms with E-state index in [9.17, 15) is 20.0 Å². The first kappa shape index (κ1) is 18.2. The number of hydrogen-bond donors (Lipinski definition) is 1. The highest BCUT2D eigenvalue weighted by Gasteiger charge is 2.18. The van der Waals surface area contributed by atoms with Crippen molar-refractivity contribution >= 4 is 49.4 Å². The molecule has 1 aromatic heterocycles. The molecule has 6 nitrogen and oxygen atoms in total. The number of non-ortho nitro benzene ring substituents is 1. The average Bonchev–Trinajstić information content (AvgIpc) is 2.95. The number of hydrogen-bond acceptors (Lipinski definition) is 3. The van der Waals surface area contributed by atoms with E-state index in [1.54, 1.807) is 12.1 Å². The van der Waals surface area contributed by atoms with Gasteiger partial charge in [-0.1, -0.05) is 28.1 Å². The second kappa shape index (κ2) is 6.76. The Morgan fingerprint density at radius 2 is 1.93 bits per heavy atom. The second-order valence-corrected chi connectivity index (χ2v) is 7.52. The number of carboxylic acids is 1. The Kier molecular flexibility index (Phi) is 4.39. The van der Waals surface area contributed by atoms with Crippen molar-refractivity contribution in [2.24, 2.45) is 0 Å². The van der Waals surface area contributed by atoms with Crippen molar-refractivity contribution in [2.45, 2.75) is 13.3 Å². The normalized spacial score (nSPS) is 11.2. The van der Waals surface area contributed by atoms with E-state index in [1.807, 2.05) is 47.9 Å². The molecule has 4 rings (SSSR count). The first-order valence-corrected chi connectivity index (χ1v) is 9.35. The van der Waals surface area contributed by atoms with Gasteiger partial charge in [-0.25, -0.2) is 0 Å². The maximum absolute atomic E-state index is 11.4. The van der Waals surface area contributed by atoms with Crippen molar-refractivity contribution in [3.8, 4) is 5.69 Å². The fourth-order valence-corrected chi connectivity index (χ4v) is 4.05. The van der Waals surface area contributed by atoms with Gasteiger partial charge in [0.15, 0.2) is 0 Å². The van der Waals surface area contributed by atoms with Gasteiger partial charge in [-0.3, -0.25) is 14.9 Å². The molecular weight excluding hydrogens is 424 g/mol. The lowest BCUT2D eigenvalue weighted by atomic mass is 10.0. The van der Waals surface area contributed by atoms with Crippen LogP contribution in [0.3, 0.4) is 0 Å². The zero-order chi connectivity index (χ0) is 20.0. The summed E-state index contributed by atoms with van der Waals surface area (Å²) in [7, 11) is 0. The molecule has 0 bridgehead atoms. The summed E-state index contributed by atoms with van der Waals surface area (Å²) in [6, 6.07) is 16.2. The molecule has 0 aliphatic carbocycles. The molecule has 4 aromatic rings. The van der Waals surface area contributed by atoms with Crippen molar-refractivity contribution in [2.75, 3.05) is 0 Å². The Balaban J connectivity index is 2.11. The Hall–Kier alpha value is -3.19. The van der Waals surface area contributed by atoms with Gasteiger partial charge in [-0.15, -0.1) is 0 Å². The summed E-state index contributed by atoms with van der Waals surface area (Å²) in [6.07, 6.45) is -0.0811. The number of rotatable bonds is 4. The summed E-state index contributed by atoms with van der Waals surface area (Å²) in [5.41, 5.74) is 4.12. The Labute approximate surface area is 168 Å². The van der Waals surface area contributed by atoms with E-state index in [0.29, 0.717) is 0 Å².